The van der Waals surface area contributed by atoms with Crippen LogP contribution in [0, 0.1) is 0 Å². The van der Waals surface area contributed by atoms with E-state index in [4.69, 9.17) is 4.98 Å². The van der Waals surface area contributed by atoms with E-state index < -0.39 is 11.9 Å². The van der Waals surface area contributed by atoms with E-state index in [1.54, 1.807) is 4.90 Å². The van der Waals surface area contributed by atoms with Crippen LogP contribution < -0.4 is 4.90 Å². The molecule has 2 aromatic heterocycles. The summed E-state index contributed by atoms with van der Waals surface area (Å²) < 4.78 is 40.8. The van der Waals surface area contributed by atoms with E-state index in [9.17, 15) is 13.2 Å². The van der Waals surface area contributed by atoms with Crippen molar-refractivity contribution in [1.82, 2.24) is 19.5 Å². The molecule has 5 rings (SSSR count). The van der Waals surface area contributed by atoms with Gasteiger partial charge in [-0.3, -0.25) is 0 Å². The first-order valence-corrected chi connectivity index (χ1v) is 8.63. The summed E-state index contributed by atoms with van der Waals surface area (Å²) in [7, 11) is 0. The maximum absolute atomic E-state index is 12.9. The molecule has 3 aromatic rings. The van der Waals surface area contributed by atoms with Gasteiger partial charge >= 0.3 is 6.18 Å². The van der Waals surface area contributed by atoms with Crippen LogP contribution in [0.1, 0.15) is 36.3 Å². The second kappa shape index (κ2) is 5.43. The van der Waals surface area contributed by atoms with Crippen molar-refractivity contribution in [1.29, 1.82) is 0 Å². The number of rotatable bonds is 3. The van der Waals surface area contributed by atoms with Gasteiger partial charge in [-0.2, -0.15) is 13.2 Å². The zero-order valence-corrected chi connectivity index (χ0v) is 13.8. The van der Waals surface area contributed by atoms with Gasteiger partial charge in [0, 0.05) is 25.2 Å². The van der Waals surface area contributed by atoms with Crippen LogP contribution in [0.4, 0.5) is 19.1 Å². The smallest absolute Gasteiger partial charge is 0.337 e. The molecule has 0 radical (unpaired) electrons. The Hall–Kier alpha value is -2.64. The fourth-order valence-corrected chi connectivity index (χ4v) is 3.52. The van der Waals surface area contributed by atoms with Crippen LogP contribution in [0.5, 0.6) is 0 Å². The molecule has 0 unspecified atom stereocenters. The maximum Gasteiger partial charge on any atom is 0.433 e. The van der Waals surface area contributed by atoms with E-state index in [1.807, 2.05) is 18.2 Å². The second-order valence-electron chi connectivity index (χ2n) is 6.90. The van der Waals surface area contributed by atoms with Crippen LogP contribution in [-0.2, 0) is 6.18 Å². The highest BCUT2D eigenvalue weighted by Gasteiger charge is 2.38. The van der Waals surface area contributed by atoms with Gasteiger partial charge in [-0.25, -0.2) is 15.0 Å². The number of imidazole rings is 1. The molecule has 1 saturated carbocycles. The molecule has 1 saturated heterocycles. The standard InChI is InChI=1S/C18H16F3N5/c19-18(20,21)15-7-8-22-17(24-15)25-9-12(10-25)26-14-4-2-1-3-13(14)23-16(26)11-5-6-11/h1-4,7-8,11-12H,5-6,9-10H2. The summed E-state index contributed by atoms with van der Waals surface area (Å²) >= 11 is 0. The molecular formula is C18H16F3N5. The highest BCUT2D eigenvalue weighted by molar-refractivity contribution is 5.76. The Kier molecular flexibility index (Phi) is 3.26. The number of aromatic nitrogens is 4. The lowest BCUT2D eigenvalue weighted by atomic mass is 10.1. The highest BCUT2D eigenvalue weighted by Crippen LogP contribution is 2.43. The predicted octanol–water partition coefficient (Wildman–Crippen LogP) is 3.78. The number of alkyl halides is 3. The number of anilines is 1. The minimum atomic E-state index is -4.46. The summed E-state index contributed by atoms with van der Waals surface area (Å²) in [5, 5.41) is 0. The molecule has 0 atom stereocenters. The van der Waals surface area contributed by atoms with Gasteiger partial charge in [0.25, 0.3) is 0 Å². The third-order valence-electron chi connectivity index (χ3n) is 5.01. The first kappa shape index (κ1) is 15.6. The number of para-hydroxylation sites is 2. The Labute approximate surface area is 147 Å². The Morgan fingerprint density at radius 3 is 2.50 bits per heavy atom. The lowest BCUT2D eigenvalue weighted by Crippen LogP contribution is -2.49. The first-order chi connectivity index (χ1) is 12.5. The van der Waals surface area contributed by atoms with Crippen LogP contribution in [0.2, 0.25) is 0 Å². The molecule has 2 fully saturated rings. The molecular weight excluding hydrogens is 343 g/mol. The van der Waals surface area contributed by atoms with Crippen LogP contribution in [0.3, 0.4) is 0 Å². The Bertz CT molecular complexity index is 970. The summed E-state index contributed by atoms with van der Waals surface area (Å²) in [5.74, 6) is 1.73. The average molecular weight is 359 g/mol. The lowest BCUT2D eigenvalue weighted by molar-refractivity contribution is -0.141. The molecule has 1 aliphatic heterocycles. The highest BCUT2D eigenvalue weighted by atomic mass is 19.4. The lowest BCUT2D eigenvalue weighted by Gasteiger charge is -2.41. The Morgan fingerprint density at radius 2 is 1.77 bits per heavy atom. The fourth-order valence-electron chi connectivity index (χ4n) is 3.52. The van der Waals surface area contributed by atoms with E-state index in [0.29, 0.717) is 19.0 Å². The van der Waals surface area contributed by atoms with Crippen LogP contribution >= 0.6 is 0 Å². The van der Waals surface area contributed by atoms with E-state index in [2.05, 4.69) is 20.6 Å². The molecule has 0 bridgehead atoms. The summed E-state index contributed by atoms with van der Waals surface area (Å²) in [6.07, 6.45) is -0.991. The minimum absolute atomic E-state index is 0.133. The van der Waals surface area contributed by atoms with Crippen molar-refractivity contribution in [2.24, 2.45) is 0 Å². The molecule has 26 heavy (non-hydrogen) atoms. The summed E-state index contributed by atoms with van der Waals surface area (Å²) in [5.41, 5.74) is 1.16. The SMILES string of the molecule is FC(F)(F)c1ccnc(N2CC(n3c(C4CC4)nc4ccccc43)C2)n1. The molecule has 0 amide bonds. The van der Waals surface area contributed by atoms with Gasteiger partial charge in [-0.05, 0) is 31.0 Å². The average Bonchev–Trinajstić information content (AvgIpc) is 3.35. The van der Waals surface area contributed by atoms with Crippen molar-refractivity contribution in [2.75, 3.05) is 18.0 Å². The maximum atomic E-state index is 12.9. The van der Waals surface area contributed by atoms with Crippen molar-refractivity contribution >= 4 is 17.0 Å². The van der Waals surface area contributed by atoms with Gasteiger partial charge in [0.1, 0.15) is 11.5 Å². The number of fused-ring (bicyclic) bond motifs is 1. The van der Waals surface area contributed by atoms with Gasteiger partial charge in [0.15, 0.2) is 0 Å². The Balaban J connectivity index is 1.42. The normalized spacial score (nSPS) is 18.3. The second-order valence-corrected chi connectivity index (χ2v) is 6.90. The van der Waals surface area contributed by atoms with Gasteiger partial charge < -0.3 is 9.47 Å². The van der Waals surface area contributed by atoms with Crippen molar-refractivity contribution in [3.63, 3.8) is 0 Å². The Morgan fingerprint density at radius 1 is 1.00 bits per heavy atom. The third kappa shape index (κ3) is 2.51. The van der Waals surface area contributed by atoms with Gasteiger partial charge in [-0.15, -0.1) is 0 Å². The predicted molar refractivity (Wildman–Crippen MR) is 90.0 cm³/mol. The van der Waals surface area contributed by atoms with Crippen LogP contribution in [-0.4, -0.2) is 32.6 Å². The van der Waals surface area contributed by atoms with Crippen LogP contribution in [0.25, 0.3) is 11.0 Å². The number of halogens is 3. The third-order valence-corrected chi connectivity index (χ3v) is 5.01. The number of benzene rings is 1. The van der Waals surface area contributed by atoms with E-state index in [-0.39, 0.29) is 12.0 Å². The molecule has 0 spiro atoms. The zero-order valence-electron chi connectivity index (χ0n) is 13.8. The fraction of sp³-hybridized carbons (Fsp3) is 0.389. The molecule has 2 aliphatic rings. The number of nitrogens with zero attached hydrogens (tertiary/aromatic N) is 5. The van der Waals surface area contributed by atoms with Crippen molar-refractivity contribution in [3.8, 4) is 0 Å². The minimum Gasteiger partial charge on any atom is -0.337 e. The van der Waals surface area contributed by atoms with E-state index >= 15 is 0 Å². The van der Waals surface area contributed by atoms with Crippen molar-refractivity contribution in [3.05, 3.63) is 48.0 Å². The molecule has 134 valence electrons. The van der Waals surface area contributed by atoms with Crippen molar-refractivity contribution in [2.45, 2.75) is 31.0 Å². The van der Waals surface area contributed by atoms with E-state index in [1.165, 1.54) is 6.20 Å². The van der Waals surface area contributed by atoms with Crippen LogP contribution in [0.15, 0.2) is 36.5 Å². The monoisotopic (exact) mass is 359 g/mol. The van der Waals surface area contributed by atoms with Gasteiger partial charge in [-0.1, -0.05) is 12.1 Å². The summed E-state index contributed by atoms with van der Waals surface area (Å²) in [6, 6.07) is 9.09. The molecule has 1 aromatic carbocycles. The molecule has 8 heteroatoms. The number of hydrogen-bond acceptors (Lipinski definition) is 4. The summed E-state index contributed by atoms with van der Waals surface area (Å²) in [6.45, 7) is 1.17. The summed E-state index contributed by atoms with van der Waals surface area (Å²) in [4.78, 5) is 14.3. The largest absolute Gasteiger partial charge is 0.433 e. The first-order valence-electron chi connectivity index (χ1n) is 8.63. The molecule has 1 aliphatic carbocycles. The van der Waals surface area contributed by atoms with E-state index in [0.717, 1.165) is 35.8 Å². The van der Waals surface area contributed by atoms with Gasteiger partial charge in [0.2, 0.25) is 5.95 Å². The topological polar surface area (TPSA) is 46.8 Å². The zero-order chi connectivity index (χ0) is 17.9. The number of hydrogen-bond donors (Lipinski definition) is 0. The quantitative estimate of drug-likeness (QED) is 0.714. The van der Waals surface area contributed by atoms with Gasteiger partial charge in [0.05, 0.1) is 17.1 Å². The molecule has 0 N–H and O–H groups in total. The van der Waals surface area contributed by atoms with Crippen molar-refractivity contribution < 1.29 is 13.2 Å². The molecule has 3 heterocycles. The molecule has 5 nitrogen and oxygen atoms in total.